The number of hydrogen-bond donors (Lipinski definition) is 1. The zero-order chi connectivity index (χ0) is 11.8. The number of aromatic nitrogens is 2. The molecule has 0 aromatic carbocycles. The van der Waals surface area contributed by atoms with Crippen LogP contribution in [-0.4, -0.2) is 39.5 Å². The predicted octanol–water partition coefficient (Wildman–Crippen LogP) is 0.00510. The van der Waals surface area contributed by atoms with E-state index in [4.69, 9.17) is 5.73 Å². The summed E-state index contributed by atoms with van der Waals surface area (Å²) >= 11 is 0. The van der Waals surface area contributed by atoms with Gasteiger partial charge in [-0.05, 0) is 12.8 Å². The molecule has 2 N–H and O–H groups in total. The summed E-state index contributed by atoms with van der Waals surface area (Å²) in [6.45, 7) is 2.46. The van der Waals surface area contributed by atoms with Crippen molar-refractivity contribution in [3.05, 3.63) is 18.2 Å². The van der Waals surface area contributed by atoms with Crippen molar-refractivity contribution in [1.82, 2.24) is 14.5 Å². The molecule has 0 saturated carbocycles. The van der Waals surface area contributed by atoms with Gasteiger partial charge in [-0.25, -0.2) is 4.98 Å². The lowest BCUT2D eigenvalue weighted by atomic mass is 9.96. The maximum Gasteiger partial charge on any atom is 0.226 e. The number of amides is 1. The van der Waals surface area contributed by atoms with Gasteiger partial charge in [0.1, 0.15) is 5.82 Å². The average Bonchev–Trinajstić information content (AvgIpc) is 2.95. The number of fused-ring (bicyclic) bond motifs is 1. The summed E-state index contributed by atoms with van der Waals surface area (Å²) in [4.78, 5) is 18.5. The summed E-state index contributed by atoms with van der Waals surface area (Å²) in [7, 11) is 0. The Hall–Kier alpha value is -1.36. The van der Waals surface area contributed by atoms with E-state index in [1.807, 2.05) is 17.3 Å². The highest BCUT2D eigenvalue weighted by Crippen LogP contribution is 2.22. The van der Waals surface area contributed by atoms with Crippen molar-refractivity contribution in [2.45, 2.75) is 31.8 Å². The van der Waals surface area contributed by atoms with Gasteiger partial charge in [0, 0.05) is 50.4 Å². The highest BCUT2D eigenvalue weighted by molar-refractivity contribution is 5.79. The fourth-order valence-corrected chi connectivity index (χ4v) is 2.81. The lowest BCUT2D eigenvalue weighted by Crippen LogP contribution is -2.39. The van der Waals surface area contributed by atoms with Gasteiger partial charge in [0.2, 0.25) is 5.91 Å². The lowest BCUT2D eigenvalue weighted by molar-refractivity contribution is -0.135. The second kappa shape index (κ2) is 4.14. The molecule has 2 atom stereocenters. The zero-order valence-electron chi connectivity index (χ0n) is 9.88. The Morgan fingerprint density at radius 3 is 3.06 bits per heavy atom. The number of imidazole rings is 1. The van der Waals surface area contributed by atoms with Gasteiger partial charge >= 0.3 is 0 Å². The van der Waals surface area contributed by atoms with Crippen LogP contribution in [-0.2, 0) is 17.8 Å². The van der Waals surface area contributed by atoms with Gasteiger partial charge in [-0.2, -0.15) is 0 Å². The molecule has 17 heavy (non-hydrogen) atoms. The normalized spacial score (nSPS) is 28.2. The van der Waals surface area contributed by atoms with E-state index in [-0.39, 0.29) is 17.9 Å². The summed E-state index contributed by atoms with van der Waals surface area (Å²) < 4.78 is 2.14. The lowest BCUT2D eigenvalue weighted by Gasteiger charge is -2.26. The first-order chi connectivity index (χ1) is 8.24. The van der Waals surface area contributed by atoms with Crippen LogP contribution >= 0.6 is 0 Å². The largest absolute Gasteiger partial charge is 0.341 e. The molecule has 1 saturated heterocycles. The molecule has 5 heteroatoms. The average molecular weight is 234 g/mol. The van der Waals surface area contributed by atoms with Gasteiger partial charge in [-0.3, -0.25) is 4.79 Å². The molecule has 1 aromatic rings. The molecule has 92 valence electrons. The molecule has 1 aromatic heterocycles. The number of nitrogens with zero attached hydrogens (tertiary/aromatic N) is 3. The molecular weight excluding hydrogens is 216 g/mol. The third kappa shape index (κ3) is 1.95. The van der Waals surface area contributed by atoms with Crippen LogP contribution in [0.3, 0.4) is 0 Å². The number of rotatable bonds is 1. The van der Waals surface area contributed by atoms with Crippen molar-refractivity contribution in [2.75, 3.05) is 13.1 Å². The van der Waals surface area contributed by atoms with Gasteiger partial charge < -0.3 is 15.2 Å². The number of likely N-dealkylation sites (tertiary alicyclic amines) is 1. The van der Waals surface area contributed by atoms with E-state index >= 15 is 0 Å². The second-order valence-corrected chi connectivity index (χ2v) is 5.06. The molecule has 5 nitrogen and oxygen atoms in total. The van der Waals surface area contributed by atoms with Crippen LogP contribution in [0, 0.1) is 5.92 Å². The van der Waals surface area contributed by atoms with E-state index in [2.05, 4.69) is 9.55 Å². The van der Waals surface area contributed by atoms with Gasteiger partial charge in [0.15, 0.2) is 0 Å². The van der Waals surface area contributed by atoms with Crippen LogP contribution in [0.4, 0.5) is 0 Å². The van der Waals surface area contributed by atoms with Crippen molar-refractivity contribution in [3.8, 4) is 0 Å². The van der Waals surface area contributed by atoms with E-state index in [1.54, 1.807) is 0 Å². The van der Waals surface area contributed by atoms with E-state index in [0.29, 0.717) is 0 Å². The van der Waals surface area contributed by atoms with Gasteiger partial charge in [-0.15, -0.1) is 0 Å². The number of carbonyl (C=O) groups excluding carboxylic acids is 1. The zero-order valence-corrected chi connectivity index (χ0v) is 9.88. The van der Waals surface area contributed by atoms with Crippen molar-refractivity contribution in [2.24, 2.45) is 11.7 Å². The second-order valence-electron chi connectivity index (χ2n) is 5.06. The molecule has 0 bridgehead atoms. The van der Waals surface area contributed by atoms with E-state index in [9.17, 15) is 4.79 Å². The molecule has 3 rings (SSSR count). The van der Waals surface area contributed by atoms with Crippen LogP contribution in [0.15, 0.2) is 12.4 Å². The minimum atomic E-state index is 0.107. The summed E-state index contributed by atoms with van der Waals surface area (Å²) in [5.41, 5.74) is 5.84. The molecule has 0 spiro atoms. The molecule has 1 amide bonds. The topological polar surface area (TPSA) is 64.2 Å². The first kappa shape index (κ1) is 10.8. The van der Waals surface area contributed by atoms with Gasteiger partial charge in [-0.1, -0.05) is 0 Å². The SMILES string of the molecule is NC1CCN(C(=O)C2CCn3ccnc3C2)C1. The molecule has 1 fully saturated rings. The Bertz CT molecular complexity index is 428. The highest BCUT2D eigenvalue weighted by atomic mass is 16.2. The third-order valence-electron chi connectivity index (χ3n) is 3.83. The summed E-state index contributed by atoms with van der Waals surface area (Å²) in [6, 6.07) is 0.171. The molecule has 0 aliphatic carbocycles. The van der Waals surface area contributed by atoms with Crippen LogP contribution in [0.5, 0.6) is 0 Å². The third-order valence-corrected chi connectivity index (χ3v) is 3.83. The van der Waals surface area contributed by atoms with Crippen molar-refractivity contribution >= 4 is 5.91 Å². The molecule has 2 aliphatic rings. The maximum absolute atomic E-state index is 12.3. The molecule has 2 unspecified atom stereocenters. The quantitative estimate of drug-likeness (QED) is 0.744. The Morgan fingerprint density at radius 1 is 1.41 bits per heavy atom. The van der Waals surface area contributed by atoms with E-state index in [0.717, 1.165) is 44.7 Å². The molecule has 0 radical (unpaired) electrons. The Labute approximate surface area is 101 Å². The minimum Gasteiger partial charge on any atom is -0.341 e. The summed E-state index contributed by atoms with van der Waals surface area (Å²) in [5, 5.41) is 0. The number of carbonyl (C=O) groups is 1. The van der Waals surface area contributed by atoms with Crippen LogP contribution in [0.25, 0.3) is 0 Å². The van der Waals surface area contributed by atoms with E-state index in [1.165, 1.54) is 0 Å². The van der Waals surface area contributed by atoms with Crippen LogP contribution in [0.2, 0.25) is 0 Å². The van der Waals surface area contributed by atoms with Crippen molar-refractivity contribution in [3.63, 3.8) is 0 Å². The number of hydrogen-bond acceptors (Lipinski definition) is 3. The Kier molecular flexibility index (Phi) is 2.63. The van der Waals surface area contributed by atoms with E-state index < -0.39 is 0 Å². The molecule has 2 aliphatic heterocycles. The molecule has 3 heterocycles. The van der Waals surface area contributed by atoms with Crippen molar-refractivity contribution in [1.29, 1.82) is 0 Å². The fourth-order valence-electron chi connectivity index (χ4n) is 2.81. The Balaban J connectivity index is 1.68. The van der Waals surface area contributed by atoms with Crippen LogP contribution < -0.4 is 5.73 Å². The Morgan fingerprint density at radius 2 is 2.29 bits per heavy atom. The smallest absolute Gasteiger partial charge is 0.226 e. The predicted molar refractivity (Wildman–Crippen MR) is 63.2 cm³/mol. The number of aryl methyl sites for hydroxylation is 1. The van der Waals surface area contributed by atoms with Crippen molar-refractivity contribution < 1.29 is 4.79 Å². The monoisotopic (exact) mass is 234 g/mol. The van der Waals surface area contributed by atoms with Crippen LogP contribution in [0.1, 0.15) is 18.7 Å². The standard InChI is InChI=1S/C12H18N4O/c13-10-2-5-16(8-10)12(17)9-1-4-15-6-3-14-11(15)7-9/h3,6,9-10H,1-2,4-5,7-8,13H2. The van der Waals surface area contributed by atoms with Gasteiger partial charge in [0.25, 0.3) is 0 Å². The fraction of sp³-hybridized carbons (Fsp3) is 0.667. The molecular formula is C12H18N4O. The minimum absolute atomic E-state index is 0.107. The van der Waals surface area contributed by atoms with Gasteiger partial charge in [0.05, 0.1) is 0 Å². The highest BCUT2D eigenvalue weighted by Gasteiger charge is 2.31. The summed E-state index contributed by atoms with van der Waals surface area (Å²) in [5.74, 6) is 1.42. The first-order valence-corrected chi connectivity index (χ1v) is 6.28. The first-order valence-electron chi connectivity index (χ1n) is 6.28. The summed E-state index contributed by atoms with van der Waals surface area (Å²) in [6.07, 6.45) is 6.44. The maximum atomic E-state index is 12.3. The number of nitrogens with two attached hydrogens (primary N) is 1.